The SMILES string of the molecule is CC(C)(C)COC(=O)OC[C@H]1O[C@@](C#N)(c2ccc3c(N)ncnn23)[C@@H]2OC(=O)CC(C)(C)CC(=O)O[C@@H]21. The topological polar surface area (TPSA) is 177 Å². The monoisotopic (exact) mass is 529 g/mol. The van der Waals surface area contributed by atoms with Gasteiger partial charge in [-0.05, 0) is 23.0 Å². The van der Waals surface area contributed by atoms with Gasteiger partial charge >= 0.3 is 18.1 Å². The van der Waals surface area contributed by atoms with Crippen LogP contribution in [-0.2, 0) is 38.9 Å². The third-order valence-electron chi connectivity index (χ3n) is 6.19. The molecule has 0 spiro atoms. The highest BCUT2D eigenvalue weighted by molar-refractivity contribution is 5.75. The second-order valence-corrected chi connectivity index (χ2v) is 11.5. The first kappa shape index (κ1) is 27.1. The predicted molar refractivity (Wildman–Crippen MR) is 129 cm³/mol. The molecule has 0 bridgehead atoms. The van der Waals surface area contributed by atoms with Gasteiger partial charge in [-0.15, -0.1) is 0 Å². The van der Waals surface area contributed by atoms with E-state index in [9.17, 15) is 19.6 Å². The molecular formula is C25H31N5O8. The third kappa shape index (κ3) is 5.35. The fraction of sp³-hybridized carbons (Fsp3) is 0.600. The summed E-state index contributed by atoms with van der Waals surface area (Å²) >= 11 is 0. The van der Waals surface area contributed by atoms with Crippen LogP contribution in [0.2, 0.25) is 0 Å². The average Bonchev–Trinajstić information content (AvgIpc) is 3.37. The van der Waals surface area contributed by atoms with Crippen LogP contribution >= 0.6 is 0 Å². The van der Waals surface area contributed by atoms with E-state index in [1.54, 1.807) is 19.9 Å². The van der Waals surface area contributed by atoms with Crippen molar-refractivity contribution >= 4 is 29.4 Å². The summed E-state index contributed by atoms with van der Waals surface area (Å²) in [5.74, 6) is -1.12. The first-order valence-electron chi connectivity index (χ1n) is 12.1. The van der Waals surface area contributed by atoms with E-state index >= 15 is 0 Å². The van der Waals surface area contributed by atoms with Gasteiger partial charge in [0.2, 0.25) is 5.60 Å². The van der Waals surface area contributed by atoms with Crippen LogP contribution in [0, 0.1) is 22.2 Å². The van der Waals surface area contributed by atoms with Crippen molar-refractivity contribution in [3.8, 4) is 6.07 Å². The molecule has 204 valence electrons. The number of nitrogens with zero attached hydrogens (tertiary/aromatic N) is 4. The highest BCUT2D eigenvalue weighted by Crippen LogP contribution is 2.45. The number of rotatable bonds is 4. The largest absolute Gasteiger partial charge is 0.508 e. The average molecular weight is 530 g/mol. The minimum atomic E-state index is -1.99. The zero-order valence-corrected chi connectivity index (χ0v) is 21.9. The normalized spacial score (nSPS) is 27.2. The molecule has 2 aromatic heterocycles. The van der Waals surface area contributed by atoms with E-state index in [2.05, 4.69) is 16.2 Å². The van der Waals surface area contributed by atoms with Crippen LogP contribution in [0.5, 0.6) is 0 Å². The Morgan fingerprint density at radius 1 is 1.21 bits per heavy atom. The predicted octanol–water partition coefficient (Wildman–Crippen LogP) is 2.27. The standard InChI is InChI=1S/C25H31N5O8/c1-23(2,3)12-35-22(33)34-10-15-19-20(37-18(32)9-24(4,5)8-17(31)36-19)25(11-26,38-15)16-7-6-14-21(27)28-13-29-30(14)16/h6-7,13,15,19-20H,8-10,12H2,1-5H3,(H2,27,28,29)/t15-,19-,20-,25+/m1/s1. The Labute approximate surface area is 219 Å². The lowest BCUT2D eigenvalue weighted by atomic mass is 9.86. The maximum Gasteiger partial charge on any atom is 0.508 e. The van der Waals surface area contributed by atoms with Crippen LogP contribution in [0.25, 0.3) is 5.52 Å². The number of hydrogen-bond donors (Lipinski definition) is 1. The van der Waals surface area contributed by atoms with E-state index < -0.39 is 54.0 Å². The fourth-order valence-electron chi connectivity index (χ4n) is 4.49. The van der Waals surface area contributed by atoms with Crippen LogP contribution < -0.4 is 5.73 Å². The van der Waals surface area contributed by atoms with E-state index in [0.717, 1.165) is 0 Å². The number of aromatic nitrogens is 3. The van der Waals surface area contributed by atoms with Crippen molar-refractivity contribution in [2.75, 3.05) is 18.9 Å². The summed E-state index contributed by atoms with van der Waals surface area (Å²) in [6, 6.07) is 5.21. The fourth-order valence-corrected chi connectivity index (χ4v) is 4.49. The second kappa shape index (κ2) is 9.75. The summed E-state index contributed by atoms with van der Waals surface area (Å²) in [5.41, 5.74) is 3.47. The lowest BCUT2D eigenvalue weighted by molar-refractivity contribution is -0.166. The third-order valence-corrected chi connectivity index (χ3v) is 6.19. The lowest BCUT2D eigenvalue weighted by Crippen LogP contribution is -2.45. The van der Waals surface area contributed by atoms with E-state index in [-0.39, 0.29) is 36.4 Å². The number of esters is 2. The first-order valence-corrected chi connectivity index (χ1v) is 12.1. The van der Waals surface area contributed by atoms with Crippen molar-refractivity contribution in [2.24, 2.45) is 10.8 Å². The number of ether oxygens (including phenoxy) is 5. The van der Waals surface area contributed by atoms with E-state index in [4.69, 9.17) is 29.4 Å². The van der Waals surface area contributed by atoms with E-state index in [1.165, 1.54) is 16.9 Å². The Bertz CT molecular complexity index is 1290. The molecule has 13 nitrogen and oxygen atoms in total. The molecule has 2 aliphatic rings. The molecule has 2 aromatic rings. The molecule has 4 atom stereocenters. The van der Waals surface area contributed by atoms with Crippen molar-refractivity contribution in [1.82, 2.24) is 14.6 Å². The molecule has 0 amide bonds. The van der Waals surface area contributed by atoms with Gasteiger partial charge in [-0.2, -0.15) is 10.4 Å². The molecule has 4 rings (SSSR count). The molecule has 2 aliphatic heterocycles. The zero-order valence-electron chi connectivity index (χ0n) is 21.9. The van der Waals surface area contributed by atoms with Gasteiger partial charge in [-0.3, -0.25) is 9.59 Å². The smallest absolute Gasteiger partial charge is 0.455 e. The summed E-state index contributed by atoms with van der Waals surface area (Å²) in [7, 11) is 0. The highest BCUT2D eigenvalue weighted by Gasteiger charge is 2.63. The zero-order chi connectivity index (χ0) is 27.9. The number of nitrogen functional groups attached to an aromatic ring is 1. The van der Waals surface area contributed by atoms with Gasteiger partial charge in [0.1, 0.15) is 30.6 Å². The maximum absolute atomic E-state index is 13.0. The summed E-state index contributed by atoms with van der Waals surface area (Å²) < 4.78 is 29.4. The van der Waals surface area contributed by atoms with Gasteiger partial charge < -0.3 is 29.4 Å². The quantitative estimate of drug-likeness (QED) is 0.452. The number of fused-ring (bicyclic) bond motifs is 2. The van der Waals surface area contributed by atoms with Gasteiger partial charge in [0.15, 0.2) is 18.0 Å². The van der Waals surface area contributed by atoms with Crippen LogP contribution in [0.3, 0.4) is 0 Å². The molecule has 2 fully saturated rings. The van der Waals surface area contributed by atoms with Crippen molar-refractivity contribution in [1.29, 1.82) is 5.26 Å². The van der Waals surface area contributed by atoms with Gasteiger partial charge in [-0.25, -0.2) is 14.3 Å². The molecule has 0 unspecified atom stereocenters. The van der Waals surface area contributed by atoms with Gasteiger partial charge in [-0.1, -0.05) is 34.6 Å². The summed E-state index contributed by atoms with van der Waals surface area (Å²) in [6.07, 6.45) is -3.81. The van der Waals surface area contributed by atoms with Crippen LogP contribution in [0.1, 0.15) is 53.2 Å². The Hall–Kier alpha value is -3.92. The van der Waals surface area contributed by atoms with Crippen molar-refractivity contribution < 1.29 is 38.1 Å². The first-order chi connectivity index (χ1) is 17.7. The molecule has 4 heterocycles. The van der Waals surface area contributed by atoms with Crippen LogP contribution in [0.15, 0.2) is 18.5 Å². The molecule has 0 radical (unpaired) electrons. The van der Waals surface area contributed by atoms with E-state index in [1.807, 2.05) is 20.8 Å². The Morgan fingerprint density at radius 3 is 2.55 bits per heavy atom. The Balaban J connectivity index is 1.73. The minimum absolute atomic E-state index is 0.0795. The summed E-state index contributed by atoms with van der Waals surface area (Å²) in [5, 5.41) is 14.7. The Kier molecular flexibility index (Phi) is 6.96. The summed E-state index contributed by atoms with van der Waals surface area (Å²) in [6.45, 7) is 8.78. The van der Waals surface area contributed by atoms with Gasteiger partial charge in [0.05, 0.1) is 25.1 Å². The molecule has 2 N–H and O–H groups in total. The van der Waals surface area contributed by atoms with Crippen molar-refractivity contribution in [3.63, 3.8) is 0 Å². The highest BCUT2D eigenvalue weighted by atomic mass is 16.7. The van der Waals surface area contributed by atoms with Crippen LogP contribution in [0.4, 0.5) is 10.6 Å². The lowest BCUT2D eigenvalue weighted by Gasteiger charge is -2.28. The molecule has 2 saturated heterocycles. The molecule has 38 heavy (non-hydrogen) atoms. The second-order valence-electron chi connectivity index (χ2n) is 11.5. The van der Waals surface area contributed by atoms with Crippen LogP contribution in [-0.4, -0.2) is 64.2 Å². The number of nitriles is 1. The number of hydrogen-bond acceptors (Lipinski definition) is 12. The molecule has 0 saturated carbocycles. The molecule has 0 aromatic carbocycles. The van der Waals surface area contributed by atoms with Gasteiger partial charge in [0.25, 0.3) is 0 Å². The molecule has 13 heteroatoms. The van der Waals surface area contributed by atoms with Crippen molar-refractivity contribution in [3.05, 3.63) is 24.2 Å². The molecular weight excluding hydrogens is 498 g/mol. The minimum Gasteiger partial charge on any atom is -0.455 e. The maximum atomic E-state index is 13.0. The number of anilines is 1. The number of carbonyl (C=O) groups is 3. The van der Waals surface area contributed by atoms with Gasteiger partial charge in [0, 0.05) is 0 Å². The van der Waals surface area contributed by atoms with E-state index in [0.29, 0.717) is 5.52 Å². The Morgan fingerprint density at radius 2 is 1.89 bits per heavy atom. The van der Waals surface area contributed by atoms with Crippen molar-refractivity contribution in [2.45, 2.75) is 71.4 Å². The number of nitrogens with two attached hydrogens (primary N) is 1. The number of carbonyl (C=O) groups excluding carboxylic acids is 3. The molecule has 0 aliphatic carbocycles. The summed E-state index contributed by atoms with van der Waals surface area (Å²) in [4.78, 5) is 42.1.